The molecular formula is C16H18N2O3. The molecule has 0 aliphatic carbocycles. The fraction of sp³-hybridized carbons (Fsp3) is 0.375. The maximum atomic E-state index is 12.4. The van der Waals surface area contributed by atoms with Gasteiger partial charge in [-0.1, -0.05) is 18.2 Å². The van der Waals surface area contributed by atoms with Crippen LogP contribution in [0.4, 0.5) is 0 Å². The van der Waals surface area contributed by atoms with E-state index in [1.807, 2.05) is 30.5 Å². The summed E-state index contributed by atoms with van der Waals surface area (Å²) in [6.07, 6.45) is 3.35. The number of benzene rings is 1. The number of rotatable bonds is 3. The number of nitrogens with one attached hydrogen (secondary N) is 1. The maximum Gasteiger partial charge on any atom is 0.306 e. The lowest BCUT2D eigenvalue weighted by molar-refractivity contribution is -0.145. The number of para-hydroxylation sites is 1. The highest BCUT2D eigenvalue weighted by molar-refractivity contribution is 5.89. The van der Waals surface area contributed by atoms with Crippen molar-refractivity contribution >= 4 is 22.8 Å². The molecule has 1 fully saturated rings. The summed E-state index contributed by atoms with van der Waals surface area (Å²) in [5.74, 6) is -0.982. The number of H-pyrrole nitrogens is 1. The van der Waals surface area contributed by atoms with E-state index in [2.05, 4.69) is 4.98 Å². The van der Waals surface area contributed by atoms with Crippen molar-refractivity contribution in [3.05, 3.63) is 36.0 Å². The van der Waals surface area contributed by atoms with Crippen LogP contribution in [0.2, 0.25) is 0 Å². The zero-order valence-electron chi connectivity index (χ0n) is 11.7. The molecule has 0 saturated carbocycles. The van der Waals surface area contributed by atoms with Crippen molar-refractivity contribution in [1.29, 1.82) is 0 Å². The average molecular weight is 286 g/mol. The molecule has 0 bridgehead atoms. The predicted octanol–water partition coefficient (Wildman–Crippen LogP) is 2.03. The van der Waals surface area contributed by atoms with Crippen molar-refractivity contribution in [2.45, 2.75) is 19.3 Å². The van der Waals surface area contributed by atoms with E-state index in [1.165, 1.54) is 0 Å². The third kappa shape index (κ3) is 2.77. The van der Waals surface area contributed by atoms with Crippen molar-refractivity contribution in [1.82, 2.24) is 9.88 Å². The predicted molar refractivity (Wildman–Crippen MR) is 78.9 cm³/mol. The molecule has 0 atom stereocenters. The number of hydrogen-bond donors (Lipinski definition) is 2. The number of amides is 1. The number of carboxylic acids is 1. The first kappa shape index (κ1) is 13.7. The van der Waals surface area contributed by atoms with E-state index in [-0.39, 0.29) is 11.8 Å². The number of aromatic nitrogens is 1. The quantitative estimate of drug-likeness (QED) is 0.906. The lowest BCUT2D eigenvalue weighted by Crippen LogP contribution is -2.40. The van der Waals surface area contributed by atoms with Crippen LogP contribution in [0.1, 0.15) is 18.4 Å². The monoisotopic (exact) mass is 286 g/mol. The van der Waals surface area contributed by atoms with E-state index in [1.54, 1.807) is 4.90 Å². The molecule has 1 saturated heterocycles. The Hall–Kier alpha value is -2.30. The van der Waals surface area contributed by atoms with Gasteiger partial charge < -0.3 is 15.0 Å². The highest BCUT2D eigenvalue weighted by Gasteiger charge is 2.27. The number of fused-ring (bicyclic) bond motifs is 1. The lowest BCUT2D eigenvalue weighted by atomic mass is 9.96. The Kier molecular flexibility index (Phi) is 3.64. The number of aliphatic carboxylic acids is 1. The summed E-state index contributed by atoms with van der Waals surface area (Å²) in [7, 11) is 0. The molecule has 21 heavy (non-hydrogen) atoms. The molecule has 2 heterocycles. The normalized spacial score (nSPS) is 16.3. The van der Waals surface area contributed by atoms with Crippen molar-refractivity contribution in [3.63, 3.8) is 0 Å². The second kappa shape index (κ2) is 5.60. The van der Waals surface area contributed by atoms with E-state index < -0.39 is 5.97 Å². The molecular weight excluding hydrogens is 268 g/mol. The maximum absolute atomic E-state index is 12.4. The number of likely N-dealkylation sites (tertiary alicyclic amines) is 1. The summed E-state index contributed by atoms with van der Waals surface area (Å²) in [5.41, 5.74) is 2.03. The Labute approximate surface area is 122 Å². The van der Waals surface area contributed by atoms with E-state index in [4.69, 9.17) is 5.11 Å². The van der Waals surface area contributed by atoms with E-state index in [0.717, 1.165) is 16.5 Å². The first-order chi connectivity index (χ1) is 10.1. The van der Waals surface area contributed by atoms with Crippen LogP contribution in [0.25, 0.3) is 10.9 Å². The Bertz CT molecular complexity index is 669. The number of aromatic amines is 1. The highest BCUT2D eigenvalue weighted by Crippen LogP contribution is 2.21. The minimum absolute atomic E-state index is 0.0728. The fourth-order valence-corrected chi connectivity index (χ4v) is 2.93. The van der Waals surface area contributed by atoms with E-state index >= 15 is 0 Å². The summed E-state index contributed by atoms with van der Waals surface area (Å²) < 4.78 is 0. The van der Waals surface area contributed by atoms with Gasteiger partial charge in [-0.15, -0.1) is 0 Å². The molecule has 0 spiro atoms. The van der Waals surface area contributed by atoms with Gasteiger partial charge in [0.1, 0.15) is 0 Å². The molecule has 1 aromatic carbocycles. The van der Waals surface area contributed by atoms with Gasteiger partial charge in [-0.25, -0.2) is 0 Å². The third-order valence-electron chi connectivity index (χ3n) is 4.21. The minimum atomic E-state index is -0.751. The standard InChI is InChI=1S/C16H18N2O3/c19-15(18-7-5-11(6-8-18)16(20)21)9-12-10-17-14-4-2-1-3-13(12)14/h1-4,10-11,17H,5-9H2,(H,20,21). The zero-order valence-corrected chi connectivity index (χ0v) is 11.7. The molecule has 0 radical (unpaired) electrons. The van der Waals surface area contributed by atoms with E-state index in [9.17, 15) is 9.59 Å². The van der Waals surface area contributed by atoms with Crippen LogP contribution in [0.3, 0.4) is 0 Å². The molecule has 3 rings (SSSR count). The number of carbonyl (C=O) groups excluding carboxylic acids is 1. The van der Waals surface area contributed by atoms with Gasteiger partial charge in [0.15, 0.2) is 0 Å². The van der Waals surface area contributed by atoms with Crippen LogP contribution in [-0.2, 0) is 16.0 Å². The average Bonchev–Trinajstić information content (AvgIpc) is 2.91. The second-order valence-electron chi connectivity index (χ2n) is 5.53. The summed E-state index contributed by atoms with van der Waals surface area (Å²) in [4.78, 5) is 28.2. The van der Waals surface area contributed by atoms with Gasteiger partial charge >= 0.3 is 5.97 Å². The smallest absolute Gasteiger partial charge is 0.306 e. The minimum Gasteiger partial charge on any atom is -0.481 e. The van der Waals surface area contributed by atoms with Crippen LogP contribution >= 0.6 is 0 Å². The van der Waals surface area contributed by atoms with Gasteiger partial charge in [0.2, 0.25) is 5.91 Å². The molecule has 2 aromatic rings. The van der Waals surface area contributed by atoms with E-state index in [0.29, 0.717) is 32.4 Å². The second-order valence-corrected chi connectivity index (χ2v) is 5.53. The Morgan fingerprint density at radius 1 is 1.24 bits per heavy atom. The SMILES string of the molecule is O=C(O)C1CCN(C(=O)Cc2c[nH]c3ccccc23)CC1. The van der Waals surface area contributed by atoms with Crippen LogP contribution in [-0.4, -0.2) is 40.0 Å². The van der Waals surface area contributed by atoms with Crippen LogP contribution in [0.15, 0.2) is 30.5 Å². The zero-order chi connectivity index (χ0) is 14.8. The molecule has 1 aliphatic heterocycles. The molecule has 110 valence electrons. The summed E-state index contributed by atoms with van der Waals surface area (Å²) in [5, 5.41) is 10.1. The molecule has 1 aliphatic rings. The molecule has 1 amide bonds. The molecule has 2 N–H and O–H groups in total. The number of nitrogens with zero attached hydrogens (tertiary/aromatic N) is 1. The van der Waals surface area contributed by atoms with Crippen LogP contribution < -0.4 is 0 Å². The Morgan fingerprint density at radius 2 is 1.95 bits per heavy atom. The van der Waals surface area contributed by atoms with Crippen LogP contribution in [0, 0.1) is 5.92 Å². The molecule has 5 heteroatoms. The number of piperidine rings is 1. The van der Waals surface area contributed by atoms with Gasteiger partial charge in [-0.05, 0) is 24.5 Å². The first-order valence-corrected chi connectivity index (χ1v) is 7.20. The molecule has 5 nitrogen and oxygen atoms in total. The number of carbonyl (C=O) groups is 2. The summed E-state index contributed by atoms with van der Waals surface area (Å²) in [6, 6.07) is 7.91. The number of carboxylic acid groups (broad SMARTS) is 1. The Balaban J connectivity index is 1.66. The van der Waals surface area contributed by atoms with Gasteiger partial charge in [0.05, 0.1) is 12.3 Å². The lowest BCUT2D eigenvalue weighted by Gasteiger charge is -2.30. The van der Waals surface area contributed by atoms with Gasteiger partial charge in [0.25, 0.3) is 0 Å². The van der Waals surface area contributed by atoms with Crippen molar-refractivity contribution in [3.8, 4) is 0 Å². The summed E-state index contributed by atoms with van der Waals surface area (Å²) in [6.45, 7) is 1.08. The largest absolute Gasteiger partial charge is 0.481 e. The fourth-order valence-electron chi connectivity index (χ4n) is 2.93. The first-order valence-electron chi connectivity index (χ1n) is 7.20. The summed E-state index contributed by atoms with van der Waals surface area (Å²) >= 11 is 0. The van der Waals surface area contributed by atoms with Crippen LogP contribution in [0.5, 0.6) is 0 Å². The Morgan fingerprint density at radius 3 is 2.67 bits per heavy atom. The highest BCUT2D eigenvalue weighted by atomic mass is 16.4. The molecule has 0 unspecified atom stereocenters. The molecule has 1 aromatic heterocycles. The van der Waals surface area contributed by atoms with Gasteiger partial charge in [0, 0.05) is 30.2 Å². The van der Waals surface area contributed by atoms with Crippen molar-refractivity contribution in [2.24, 2.45) is 5.92 Å². The number of hydrogen-bond acceptors (Lipinski definition) is 2. The van der Waals surface area contributed by atoms with Crippen molar-refractivity contribution < 1.29 is 14.7 Å². The van der Waals surface area contributed by atoms with Gasteiger partial charge in [-0.2, -0.15) is 0 Å². The van der Waals surface area contributed by atoms with Crippen molar-refractivity contribution in [2.75, 3.05) is 13.1 Å². The topological polar surface area (TPSA) is 73.4 Å². The van der Waals surface area contributed by atoms with Gasteiger partial charge in [-0.3, -0.25) is 9.59 Å². The third-order valence-corrected chi connectivity index (χ3v) is 4.21.